The zero-order chi connectivity index (χ0) is 25.8. The molecule has 186 valence electrons. The lowest BCUT2D eigenvalue weighted by Crippen LogP contribution is -2.53. The second-order valence-electron chi connectivity index (χ2n) is 8.70. The number of methoxy groups -OCH3 is 1. The second kappa shape index (κ2) is 10.3. The molecule has 0 radical (unpaired) electrons. The van der Waals surface area contributed by atoms with Gasteiger partial charge in [0.25, 0.3) is 17.6 Å². The molecular formula is C27H26N7O3+. The molecule has 2 unspecified atom stereocenters. The quantitative estimate of drug-likeness (QED) is 0.373. The van der Waals surface area contributed by atoms with E-state index in [0.717, 1.165) is 18.4 Å². The summed E-state index contributed by atoms with van der Waals surface area (Å²) in [6.07, 6.45) is 8.27. The number of hydrogen-bond donors (Lipinski definition) is 2. The van der Waals surface area contributed by atoms with E-state index < -0.39 is 0 Å². The molecule has 37 heavy (non-hydrogen) atoms. The molecule has 2 aromatic rings. The molecule has 10 heteroatoms. The van der Waals surface area contributed by atoms with Crippen molar-refractivity contribution in [3.8, 4) is 11.8 Å². The fourth-order valence-corrected chi connectivity index (χ4v) is 4.60. The summed E-state index contributed by atoms with van der Waals surface area (Å²) in [5.74, 6) is 12.8. The number of rotatable bonds is 5. The molecule has 2 amide bonds. The number of allylic oxidation sites excluding steroid dienone is 1. The number of nitrogens with zero attached hydrogens (tertiary/aromatic N) is 5. The van der Waals surface area contributed by atoms with Crippen molar-refractivity contribution in [2.45, 2.75) is 18.9 Å². The number of nitrogens with two attached hydrogens (primary N) is 1. The molecule has 0 spiro atoms. The lowest BCUT2D eigenvalue weighted by atomic mass is 10.1. The first-order valence-electron chi connectivity index (χ1n) is 11.8. The van der Waals surface area contributed by atoms with Crippen molar-refractivity contribution in [3.63, 3.8) is 0 Å². The Labute approximate surface area is 214 Å². The molecule has 4 heterocycles. The number of benzene rings is 1. The van der Waals surface area contributed by atoms with E-state index in [1.165, 1.54) is 7.11 Å². The van der Waals surface area contributed by atoms with Crippen LogP contribution in [0.15, 0.2) is 82.4 Å². The molecule has 3 aliphatic heterocycles. The van der Waals surface area contributed by atoms with Crippen LogP contribution in [-0.4, -0.2) is 64.6 Å². The third kappa shape index (κ3) is 4.71. The van der Waals surface area contributed by atoms with Crippen LogP contribution >= 0.6 is 0 Å². The van der Waals surface area contributed by atoms with E-state index in [0.29, 0.717) is 35.2 Å². The SMILES string of the molecule is COCC#CC(=O)N1CCCC1C1=C2C=NC=C[N+]2(N)C(c2ccc(C(=O)Nc3ccccn3)cc2)=N1. The lowest BCUT2D eigenvalue weighted by Gasteiger charge is -2.27. The first-order chi connectivity index (χ1) is 18.0. The van der Waals surface area contributed by atoms with Gasteiger partial charge in [-0.25, -0.2) is 4.98 Å². The predicted molar refractivity (Wildman–Crippen MR) is 139 cm³/mol. The number of carbonyl (C=O) groups excluding carboxylic acids is 2. The number of carbonyl (C=O) groups is 2. The highest BCUT2D eigenvalue weighted by atomic mass is 16.5. The van der Waals surface area contributed by atoms with Crippen LogP contribution in [0, 0.1) is 11.8 Å². The topological polar surface area (TPSA) is 122 Å². The summed E-state index contributed by atoms with van der Waals surface area (Å²) in [5, 5.41) is 2.78. The van der Waals surface area contributed by atoms with Crippen molar-refractivity contribution in [2.24, 2.45) is 15.8 Å². The van der Waals surface area contributed by atoms with Gasteiger partial charge in [0.05, 0.1) is 24.0 Å². The van der Waals surface area contributed by atoms with Crippen molar-refractivity contribution in [1.82, 2.24) is 9.88 Å². The summed E-state index contributed by atoms with van der Waals surface area (Å²) < 4.78 is 4.76. The maximum atomic E-state index is 12.8. The number of nitrogens with one attached hydrogen (secondary N) is 1. The first-order valence-corrected chi connectivity index (χ1v) is 11.8. The molecule has 1 aromatic carbocycles. The largest absolute Gasteiger partial charge is 0.372 e. The number of anilines is 1. The van der Waals surface area contributed by atoms with Crippen LogP contribution in [-0.2, 0) is 9.53 Å². The molecule has 1 fully saturated rings. The number of amidine groups is 1. The number of ether oxygens (including phenoxy) is 1. The molecule has 1 saturated heterocycles. The predicted octanol–water partition coefficient (Wildman–Crippen LogP) is 2.19. The van der Waals surface area contributed by atoms with Crippen LogP contribution in [0.25, 0.3) is 0 Å². The number of aliphatic imine (C=N–C) groups is 2. The molecule has 0 aliphatic carbocycles. The van der Waals surface area contributed by atoms with Gasteiger partial charge < -0.3 is 15.0 Å². The first kappa shape index (κ1) is 24.3. The summed E-state index contributed by atoms with van der Waals surface area (Å²) in [6.45, 7) is 0.779. The molecule has 1 aromatic heterocycles. The van der Waals surface area contributed by atoms with Gasteiger partial charge in [0.15, 0.2) is 0 Å². The lowest BCUT2D eigenvalue weighted by molar-refractivity contribution is -0.750. The molecule has 0 bridgehead atoms. The number of likely N-dealkylation sites (tertiary alicyclic amines) is 1. The zero-order valence-corrected chi connectivity index (χ0v) is 20.3. The van der Waals surface area contributed by atoms with Gasteiger partial charge in [-0.05, 0) is 55.2 Å². The number of aromatic nitrogens is 1. The monoisotopic (exact) mass is 496 g/mol. The molecule has 0 saturated carbocycles. The van der Waals surface area contributed by atoms with Crippen LogP contribution in [0.4, 0.5) is 5.82 Å². The van der Waals surface area contributed by atoms with Gasteiger partial charge in [0.1, 0.15) is 24.3 Å². The van der Waals surface area contributed by atoms with Crippen molar-refractivity contribution >= 4 is 29.7 Å². The highest BCUT2D eigenvalue weighted by Crippen LogP contribution is 2.37. The Morgan fingerprint density at radius 1 is 1.24 bits per heavy atom. The third-order valence-electron chi connectivity index (χ3n) is 6.38. The minimum atomic E-state index is -0.269. The average Bonchev–Trinajstić information content (AvgIpc) is 3.52. The maximum Gasteiger partial charge on any atom is 0.299 e. The summed E-state index contributed by atoms with van der Waals surface area (Å²) in [7, 11) is 1.53. The molecule has 5 rings (SSSR count). The highest BCUT2D eigenvalue weighted by Gasteiger charge is 2.48. The zero-order valence-electron chi connectivity index (χ0n) is 20.3. The van der Waals surface area contributed by atoms with E-state index in [1.54, 1.807) is 60.0 Å². The molecule has 3 aliphatic rings. The summed E-state index contributed by atoms with van der Waals surface area (Å²) in [5.41, 5.74) is 2.62. The van der Waals surface area contributed by atoms with Gasteiger partial charge >= 0.3 is 0 Å². The van der Waals surface area contributed by atoms with Crippen LogP contribution in [0.3, 0.4) is 0 Å². The number of quaternary nitrogens is 1. The van der Waals surface area contributed by atoms with E-state index >= 15 is 0 Å². The standard InChI is InChI=1S/C27H25N7O3/c1-37-17-5-8-24(35)33-15-4-6-21(33)25-22-18-29-14-16-34(22,28)26(32-25)19-9-11-20(12-10-19)27(36)31-23-7-2-3-13-30-23/h2-3,7,9-14,16,18,21H,4,6,15,17,28H2,1H3/p+1. The van der Waals surface area contributed by atoms with Crippen molar-refractivity contribution in [3.05, 3.63) is 83.6 Å². The van der Waals surface area contributed by atoms with Crippen LogP contribution in [0.1, 0.15) is 28.8 Å². The van der Waals surface area contributed by atoms with Crippen molar-refractivity contribution < 1.29 is 18.9 Å². The van der Waals surface area contributed by atoms with Gasteiger partial charge in [-0.3, -0.25) is 14.6 Å². The molecular weight excluding hydrogens is 470 g/mol. The minimum absolute atomic E-state index is 0.174. The highest BCUT2D eigenvalue weighted by molar-refractivity contribution is 6.05. The van der Waals surface area contributed by atoms with Gasteiger partial charge in [-0.15, -0.1) is 4.59 Å². The van der Waals surface area contributed by atoms with Crippen molar-refractivity contribution in [2.75, 3.05) is 25.6 Å². The van der Waals surface area contributed by atoms with E-state index in [2.05, 4.69) is 27.1 Å². The summed E-state index contributed by atoms with van der Waals surface area (Å²) in [6, 6.07) is 12.1. The normalized spacial score (nSPS) is 21.8. The fraction of sp³-hybridized carbons (Fsp3) is 0.222. The average molecular weight is 497 g/mol. The Morgan fingerprint density at radius 3 is 2.84 bits per heavy atom. The number of hydrogen-bond acceptors (Lipinski definition) is 7. The maximum absolute atomic E-state index is 12.8. The Balaban J connectivity index is 1.43. The number of amides is 2. The van der Waals surface area contributed by atoms with E-state index in [4.69, 9.17) is 15.6 Å². The fourth-order valence-electron chi connectivity index (χ4n) is 4.60. The molecule has 10 nitrogen and oxygen atoms in total. The third-order valence-corrected chi connectivity index (χ3v) is 6.38. The van der Waals surface area contributed by atoms with E-state index in [9.17, 15) is 9.59 Å². The number of fused-ring (bicyclic) bond motifs is 1. The Morgan fingerprint density at radius 2 is 2.08 bits per heavy atom. The minimum Gasteiger partial charge on any atom is -0.372 e. The number of pyridine rings is 1. The van der Waals surface area contributed by atoms with E-state index in [1.807, 2.05) is 12.1 Å². The Hall–Kier alpha value is -4.43. The van der Waals surface area contributed by atoms with Gasteiger partial charge in [-0.1, -0.05) is 12.0 Å². The van der Waals surface area contributed by atoms with Gasteiger partial charge in [0, 0.05) is 25.4 Å². The smallest absolute Gasteiger partial charge is 0.299 e. The van der Waals surface area contributed by atoms with Crippen LogP contribution in [0.2, 0.25) is 0 Å². The van der Waals surface area contributed by atoms with Gasteiger partial charge in [-0.2, -0.15) is 10.8 Å². The Kier molecular flexibility index (Phi) is 6.74. The van der Waals surface area contributed by atoms with Crippen LogP contribution < -0.4 is 11.2 Å². The molecule has 3 N–H and O–H groups in total. The van der Waals surface area contributed by atoms with Crippen molar-refractivity contribution in [1.29, 1.82) is 0 Å². The summed E-state index contributed by atoms with van der Waals surface area (Å²) >= 11 is 0. The van der Waals surface area contributed by atoms with Crippen LogP contribution in [0.5, 0.6) is 0 Å². The van der Waals surface area contributed by atoms with E-state index in [-0.39, 0.29) is 29.1 Å². The molecule has 2 atom stereocenters. The Bertz CT molecular complexity index is 1400. The second-order valence-corrected chi connectivity index (χ2v) is 8.70. The summed E-state index contributed by atoms with van der Waals surface area (Å²) in [4.78, 5) is 40.6. The van der Waals surface area contributed by atoms with Gasteiger partial charge in [0.2, 0.25) is 5.70 Å².